The molecule has 2 aromatic carbocycles. The van der Waals surface area contributed by atoms with Crippen LogP contribution in [0.25, 0.3) is 11.4 Å². The average molecular weight is 579 g/mol. The zero-order valence-corrected chi connectivity index (χ0v) is 22.8. The number of anilines is 2. The first-order chi connectivity index (χ1) is 20.2. The maximum absolute atomic E-state index is 13.3. The Labute approximate surface area is 239 Å². The Hall–Kier alpha value is -4.82. The van der Waals surface area contributed by atoms with Crippen LogP contribution in [-0.4, -0.2) is 101 Å². The number of hydrogen-bond donors (Lipinski definition) is 3. The summed E-state index contributed by atoms with van der Waals surface area (Å²) in [5.41, 5.74) is 1.54. The van der Waals surface area contributed by atoms with Gasteiger partial charge in [0.2, 0.25) is 5.91 Å². The second-order valence-corrected chi connectivity index (χ2v) is 10.0. The van der Waals surface area contributed by atoms with E-state index in [0.29, 0.717) is 30.0 Å². The van der Waals surface area contributed by atoms with Gasteiger partial charge in [0.1, 0.15) is 0 Å². The molecule has 2 aliphatic rings. The van der Waals surface area contributed by atoms with Crippen LogP contribution in [0.2, 0.25) is 0 Å². The third-order valence-electron chi connectivity index (χ3n) is 7.13. The van der Waals surface area contributed by atoms with Crippen LogP contribution in [-0.2, 0) is 19.1 Å². The monoisotopic (exact) mass is 578 g/mol. The number of benzene rings is 2. The van der Waals surface area contributed by atoms with Gasteiger partial charge in [0.25, 0.3) is 17.7 Å². The molecule has 14 heteroatoms. The number of morpholine rings is 1. The number of hydrogen-bond acceptors (Lipinski definition) is 9. The highest BCUT2D eigenvalue weighted by Crippen LogP contribution is 2.23. The molecule has 42 heavy (non-hydrogen) atoms. The number of aliphatic hydroxyl groups excluding tert-OH is 1. The standard InChI is InChI=1S/C28H30N6O8/c1-32(16-21(35)33-11-2-3-12-33)26(38)18-5-4-6-20(15-18)34-13-14-41-23(27(34)39)22(36)25(37)29-19-9-7-17(8-10-19)24-30-28(40)42-31-24/h4-10,15,22-23,36H,2-3,11-14,16H2,1H3,(H,29,37)(H,30,31,40)/t22-,23-/m1/s1. The number of carbonyl (C=O) groups excluding carboxylic acids is 4. The number of amides is 4. The normalized spacial score (nSPS) is 17.7. The maximum Gasteiger partial charge on any atom is 0.439 e. The lowest BCUT2D eigenvalue weighted by Crippen LogP contribution is -2.55. The number of aromatic nitrogens is 2. The number of ether oxygens (including phenoxy) is 1. The van der Waals surface area contributed by atoms with E-state index in [9.17, 15) is 29.1 Å². The fraction of sp³-hybridized carbons (Fsp3) is 0.357. The number of aromatic amines is 1. The van der Waals surface area contributed by atoms with Gasteiger partial charge in [-0.3, -0.25) is 28.7 Å². The van der Waals surface area contributed by atoms with E-state index < -0.39 is 29.8 Å². The fourth-order valence-electron chi connectivity index (χ4n) is 4.88. The van der Waals surface area contributed by atoms with Crippen molar-refractivity contribution in [3.05, 3.63) is 64.6 Å². The highest BCUT2D eigenvalue weighted by atomic mass is 16.5. The first-order valence-corrected chi connectivity index (χ1v) is 13.4. The van der Waals surface area contributed by atoms with Crippen molar-refractivity contribution in [3.63, 3.8) is 0 Å². The number of likely N-dealkylation sites (N-methyl/N-ethyl adjacent to an activating group) is 1. The summed E-state index contributed by atoms with van der Waals surface area (Å²) in [7, 11) is 1.55. The van der Waals surface area contributed by atoms with E-state index in [-0.39, 0.29) is 42.9 Å². The van der Waals surface area contributed by atoms with Crippen molar-refractivity contribution >= 4 is 35.0 Å². The topological polar surface area (TPSA) is 178 Å². The van der Waals surface area contributed by atoms with Crippen LogP contribution in [0.5, 0.6) is 0 Å². The van der Waals surface area contributed by atoms with E-state index in [1.807, 2.05) is 0 Å². The van der Waals surface area contributed by atoms with Crippen LogP contribution in [0.15, 0.2) is 57.8 Å². The van der Waals surface area contributed by atoms with Gasteiger partial charge in [0.05, 0.1) is 13.2 Å². The van der Waals surface area contributed by atoms with Crippen LogP contribution < -0.4 is 16.0 Å². The van der Waals surface area contributed by atoms with Gasteiger partial charge in [-0.25, -0.2) is 4.79 Å². The van der Waals surface area contributed by atoms with Gasteiger partial charge < -0.3 is 29.9 Å². The molecule has 0 saturated carbocycles. The SMILES string of the molecule is CN(CC(=O)N1CCCC1)C(=O)c1cccc(N2CCO[C@H]([C@@H](O)C(=O)Nc3ccc(-c4noc(=O)[nH]4)cc3)C2=O)c1. The summed E-state index contributed by atoms with van der Waals surface area (Å²) < 4.78 is 9.95. The number of nitrogens with one attached hydrogen (secondary N) is 2. The minimum atomic E-state index is -1.82. The maximum atomic E-state index is 13.3. The minimum Gasteiger partial charge on any atom is -0.380 e. The van der Waals surface area contributed by atoms with Gasteiger partial charge >= 0.3 is 5.76 Å². The molecule has 5 rings (SSSR count). The molecule has 1 aromatic heterocycles. The molecule has 2 saturated heterocycles. The summed E-state index contributed by atoms with van der Waals surface area (Å²) in [5, 5.41) is 16.8. The van der Waals surface area contributed by atoms with Crippen LogP contribution >= 0.6 is 0 Å². The number of rotatable bonds is 8. The summed E-state index contributed by atoms with van der Waals surface area (Å²) in [4.78, 5) is 69.6. The Morgan fingerprint density at radius 1 is 1.12 bits per heavy atom. The highest BCUT2D eigenvalue weighted by Gasteiger charge is 2.39. The first kappa shape index (κ1) is 28.7. The summed E-state index contributed by atoms with van der Waals surface area (Å²) in [6.45, 7) is 1.54. The van der Waals surface area contributed by atoms with Crippen molar-refractivity contribution in [2.45, 2.75) is 25.0 Å². The highest BCUT2D eigenvalue weighted by molar-refractivity contribution is 6.04. The number of aliphatic hydroxyl groups is 1. The van der Waals surface area contributed by atoms with Crippen molar-refractivity contribution in [2.24, 2.45) is 0 Å². The second-order valence-electron chi connectivity index (χ2n) is 10.0. The molecule has 0 aliphatic carbocycles. The number of likely N-dealkylation sites (tertiary alicyclic amines) is 1. The molecule has 3 N–H and O–H groups in total. The van der Waals surface area contributed by atoms with Crippen LogP contribution in [0.4, 0.5) is 11.4 Å². The largest absolute Gasteiger partial charge is 0.439 e. The van der Waals surface area contributed by atoms with Gasteiger partial charge in [-0.15, -0.1) is 0 Å². The van der Waals surface area contributed by atoms with Crippen molar-refractivity contribution < 1.29 is 33.5 Å². The van der Waals surface area contributed by atoms with E-state index in [4.69, 9.17) is 4.74 Å². The second kappa shape index (κ2) is 12.4. The van der Waals surface area contributed by atoms with E-state index in [1.165, 1.54) is 28.0 Å². The third kappa shape index (κ3) is 6.24. The molecule has 3 heterocycles. The third-order valence-corrected chi connectivity index (χ3v) is 7.13. The van der Waals surface area contributed by atoms with Gasteiger partial charge in [-0.1, -0.05) is 11.2 Å². The van der Waals surface area contributed by atoms with Crippen LogP contribution in [0.1, 0.15) is 23.2 Å². The molecule has 0 spiro atoms. The van der Waals surface area contributed by atoms with Gasteiger partial charge in [0, 0.05) is 49.2 Å². The van der Waals surface area contributed by atoms with Crippen molar-refractivity contribution in [3.8, 4) is 11.4 Å². The Kier molecular flexibility index (Phi) is 8.45. The predicted molar refractivity (Wildman–Crippen MR) is 149 cm³/mol. The molecule has 0 radical (unpaired) electrons. The Balaban J connectivity index is 1.22. The van der Waals surface area contributed by atoms with Crippen molar-refractivity contribution in [1.29, 1.82) is 0 Å². The van der Waals surface area contributed by atoms with E-state index >= 15 is 0 Å². The molecular weight excluding hydrogens is 548 g/mol. The van der Waals surface area contributed by atoms with Crippen LogP contribution in [0, 0.1) is 0 Å². The Morgan fingerprint density at radius 2 is 1.86 bits per heavy atom. The number of carbonyl (C=O) groups is 4. The molecule has 0 bridgehead atoms. The molecular formula is C28H30N6O8. The summed E-state index contributed by atoms with van der Waals surface area (Å²) in [6, 6.07) is 12.6. The van der Waals surface area contributed by atoms with Crippen molar-refractivity contribution in [2.75, 3.05) is 50.1 Å². The molecule has 2 fully saturated rings. The first-order valence-electron chi connectivity index (χ1n) is 13.4. The fourth-order valence-corrected chi connectivity index (χ4v) is 4.88. The van der Waals surface area contributed by atoms with Crippen molar-refractivity contribution in [1.82, 2.24) is 19.9 Å². The Morgan fingerprint density at radius 3 is 2.55 bits per heavy atom. The molecule has 2 aliphatic heterocycles. The quantitative estimate of drug-likeness (QED) is 0.342. The predicted octanol–water partition coefficient (Wildman–Crippen LogP) is 0.456. The summed E-state index contributed by atoms with van der Waals surface area (Å²) in [6.07, 6.45) is -1.38. The number of nitrogens with zero attached hydrogens (tertiary/aromatic N) is 4. The molecule has 2 atom stereocenters. The Bertz CT molecular complexity index is 1530. The van der Waals surface area contributed by atoms with Gasteiger partial charge in [0.15, 0.2) is 18.0 Å². The molecule has 3 aromatic rings. The number of H-pyrrole nitrogens is 1. The molecule has 4 amide bonds. The summed E-state index contributed by atoms with van der Waals surface area (Å²) in [5.74, 6) is -2.47. The minimum absolute atomic E-state index is 0.0494. The van der Waals surface area contributed by atoms with Gasteiger partial charge in [-0.05, 0) is 55.3 Å². The average Bonchev–Trinajstić information content (AvgIpc) is 3.69. The lowest BCUT2D eigenvalue weighted by molar-refractivity contribution is -0.150. The van der Waals surface area contributed by atoms with E-state index in [2.05, 4.69) is 20.0 Å². The molecule has 220 valence electrons. The van der Waals surface area contributed by atoms with E-state index in [1.54, 1.807) is 42.3 Å². The lowest BCUT2D eigenvalue weighted by Gasteiger charge is -2.34. The zero-order chi connectivity index (χ0) is 29.8. The van der Waals surface area contributed by atoms with Gasteiger partial charge in [-0.2, -0.15) is 0 Å². The zero-order valence-electron chi connectivity index (χ0n) is 22.8. The summed E-state index contributed by atoms with van der Waals surface area (Å²) >= 11 is 0. The molecule has 0 unspecified atom stereocenters. The lowest BCUT2D eigenvalue weighted by atomic mass is 10.1. The van der Waals surface area contributed by atoms with Crippen LogP contribution in [0.3, 0.4) is 0 Å². The molecule has 14 nitrogen and oxygen atoms in total. The van der Waals surface area contributed by atoms with E-state index in [0.717, 1.165) is 12.8 Å². The smallest absolute Gasteiger partial charge is 0.380 e.